The van der Waals surface area contributed by atoms with E-state index in [-0.39, 0.29) is 13.2 Å². The van der Waals surface area contributed by atoms with Gasteiger partial charge < -0.3 is 9.47 Å². The zero-order chi connectivity index (χ0) is 14.4. The summed E-state index contributed by atoms with van der Waals surface area (Å²) in [5.41, 5.74) is -1.92. The molecule has 0 unspecified atom stereocenters. The van der Waals surface area contributed by atoms with Crippen molar-refractivity contribution in [1.82, 2.24) is 0 Å². The second-order valence-corrected chi connectivity index (χ2v) is 3.89. The second kappa shape index (κ2) is 6.61. The van der Waals surface area contributed by atoms with Crippen LogP contribution in [0.25, 0.3) is 0 Å². The SMILES string of the molecule is CCOC(=O)C(C)(CCC(F)(F)F)C(=O)OCC. The van der Waals surface area contributed by atoms with E-state index in [0.717, 1.165) is 6.92 Å². The Labute approximate surface area is 103 Å². The van der Waals surface area contributed by atoms with Crippen molar-refractivity contribution >= 4 is 11.9 Å². The van der Waals surface area contributed by atoms with E-state index < -0.39 is 36.4 Å². The minimum atomic E-state index is -4.44. The molecule has 0 aromatic heterocycles. The number of hydrogen-bond donors (Lipinski definition) is 0. The fraction of sp³-hybridized carbons (Fsp3) is 0.818. The molecule has 0 aromatic rings. The molecule has 0 saturated carbocycles. The van der Waals surface area contributed by atoms with Crippen LogP contribution in [0.15, 0.2) is 0 Å². The van der Waals surface area contributed by atoms with Crippen LogP contribution in [-0.2, 0) is 19.1 Å². The van der Waals surface area contributed by atoms with Crippen LogP contribution in [0.5, 0.6) is 0 Å². The van der Waals surface area contributed by atoms with Gasteiger partial charge in [0.05, 0.1) is 13.2 Å². The molecule has 18 heavy (non-hydrogen) atoms. The van der Waals surface area contributed by atoms with Gasteiger partial charge in [-0.3, -0.25) is 9.59 Å². The Bertz CT molecular complexity index is 281. The van der Waals surface area contributed by atoms with Gasteiger partial charge in [-0.05, 0) is 27.2 Å². The van der Waals surface area contributed by atoms with E-state index in [2.05, 4.69) is 9.47 Å². The predicted molar refractivity (Wildman–Crippen MR) is 56.7 cm³/mol. The zero-order valence-corrected chi connectivity index (χ0v) is 10.6. The van der Waals surface area contributed by atoms with Crippen molar-refractivity contribution in [2.24, 2.45) is 5.41 Å². The van der Waals surface area contributed by atoms with Crippen LogP contribution in [0.2, 0.25) is 0 Å². The molecule has 0 radical (unpaired) electrons. The summed E-state index contributed by atoms with van der Waals surface area (Å²) in [5, 5.41) is 0. The van der Waals surface area contributed by atoms with E-state index in [1.54, 1.807) is 0 Å². The lowest BCUT2D eigenvalue weighted by molar-refractivity contribution is -0.176. The van der Waals surface area contributed by atoms with Crippen molar-refractivity contribution in [1.29, 1.82) is 0 Å². The molecule has 0 amide bonds. The number of rotatable bonds is 6. The first-order valence-corrected chi connectivity index (χ1v) is 5.58. The molecule has 106 valence electrons. The minimum Gasteiger partial charge on any atom is -0.465 e. The highest BCUT2D eigenvalue weighted by molar-refractivity contribution is 5.99. The van der Waals surface area contributed by atoms with Crippen molar-refractivity contribution in [3.63, 3.8) is 0 Å². The maximum absolute atomic E-state index is 12.2. The fourth-order valence-electron chi connectivity index (χ4n) is 1.26. The Kier molecular flexibility index (Phi) is 6.14. The summed E-state index contributed by atoms with van der Waals surface area (Å²) in [5.74, 6) is -1.99. The number of alkyl halides is 3. The van der Waals surface area contributed by atoms with Gasteiger partial charge in [0.25, 0.3) is 0 Å². The van der Waals surface area contributed by atoms with Crippen molar-refractivity contribution in [2.75, 3.05) is 13.2 Å². The van der Waals surface area contributed by atoms with Crippen molar-refractivity contribution < 1.29 is 32.2 Å². The Morgan fingerprint density at radius 2 is 1.33 bits per heavy atom. The van der Waals surface area contributed by atoms with Crippen LogP contribution >= 0.6 is 0 Å². The predicted octanol–water partition coefficient (Wildman–Crippen LogP) is 2.46. The molecule has 7 heteroatoms. The van der Waals surface area contributed by atoms with Gasteiger partial charge in [-0.25, -0.2) is 0 Å². The molecule has 0 aliphatic heterocycles. The molecule has 0 aromatic carbocycles. The maximum atomic E-state index is 12.2. The van der Waals surface area contributed by atoms with E-state index >= 15 is 0 Å². The average molecular weight is 270 g/mol. The van der Waals surface area contributed by atoms with Gasteiger partial charge in [-0.2, -0.15) is 13.2 Å². The van der Waals surface area contributed by atoms with Gasteiger partial charge in [0.2, 0.25) is 0 Å². The molecule has 0 saturated heterocycles. The lowest BCUT2D eigenvalue weighted by Gasteiger charge is -2.25. The lowest BCUT2D eigenvalue weighted by Crippen LogP contribution is -2.40. The number of hydrogen-bond acceptors (Lipinski definition) is 4. The average Bonchev–Trinajstić information content (AvgIpc) is 2.25. The molecule has 4 nitrogen and oxygen atoms in total. The molecular formula is C11H17F3O4. The smallest absolute Gasteiger partial charge is 0.389 e. The molecule has 0 aliphatic rings. The van der Waals surface area contributed by atoms with E-state index in [0.29, 0.717) is 0 Å². The first-order valence-electron chi connectivity index (χ1n) is 5.58. The van der Waals surface area contributed by atoms with E-state index in [9.17, 15) is 22.8 Å². The third-order valence-electron chi connectivity index (χ3n) is 2.36. The Morgan fingerprint density at radius 1 is 0.944 bits per heavy atom. The van der Waals surface area contributed by atoms with Crippen molar-refractivity contribution in [2.45, 2.75) is 39.8 Å². The van der Waals surface area contributed by atoms with Gasteiger partial charge in [0, 0.05) is 6.42 Å². The molecule has 0 bridgehead atoms. The third-order valence-corrected chi connectivity index (χ3v) is 2.36. The Balaban J connectivity index is 4.91. The van der Waals surface area contributed by atoms with E-state index in [1.165, 1.54) is 13.8 Å². The van der Waals surface area contributed by atoms with Crippen LogP contribution in [0.3, 0.4) is 0 Å². The molecule has 0 spiro atoms. The molecule has 0 fully saturated rings. The van der Waals surface area contributed by atoms with Crippen LogP contribution in [-0.4, -0.2) is 31.3 Å². The molecular weight excluding hydrogens is 253 g/mol. The first-order chi connectivity index (χ1) is 8.17. The van der Waals surface area contributed by atoms with E-state index in [4.69, 9.17) is 0 Å². The topological polar surface area (TPSA) is 52.6 Å². The first kappa shape index (κ1) is 16.7. The summed E-state index contributed by atoms with van der Waals surface area (Å²) in [4.78, 5) is 23.2. The van der Waals surface area contributed by atoms with Gasteiger partial charge in [-0.1, -0.05) is 0 Å². The fourth-order valence-corrected chi connectivity index (χ4v) is 1.26. The van der Waals surface area contributed by atoms with Crippen LogP contribution < -0.4 is 0 Å². The summed E-state index contributed by atoms with van der Waals surface area (Å²) < 4.78 is 45.8. The summed E-state index contributed by atoms with van der Waals surface area (Å²) in [6.07, 6.45) is -6.38. The van der Waals surface area contributed by atoms with E-state index in [1.807, 2.05) is 0 Å². The molecule has 0 aliphatic carbocycles. The number of ether oxygens (including phenoxy) is 2. The normalized spacial score (nSPS) is 12.1. The van der Waals surface area contributed by atoms with Crippen LogP contribution in [0.4, 0.5) is 13.2 Å². The molecule has 0 N–H and O–H groups in total. The van der Waals surface area contributed by atoms with Crippen molar-refractivity contribution in [3.8, 4) is 0 Å². The standard InChI is InChI=1S/C11H17F3O4/c1-4-17-8(15)10(3,9(16)18-5-2)6-7-11(12,13)14/h4-7H2,1-3H3. The summed E-state index contributed by atoms with van der Waals surface area (Å²) in [6, 6.07) is 0. The summed E-state index contributed by atoms with van der Waals surface area (Å²) >= 11 is 0. The quantitative estimate of drug-likeness (QED) is 0.549. The number of halogens is 3. The van der Waals surface area contributed by atoms with Gasteiger partial charge in [0.1, 0.15) is 0 Å². The highest BCUT2D eigenvalue weighted by atomic mass is 19.4. The van der Waals surface area contributed by atoms with Crippen LogP contribution in [0, 0.1) is 5.41 Å². The maximum Gasteiger partial charge on any atom is 0.389 e. The minimum absolute atomic E-state index is 0.0140. The molecule has 0 heterocycles. The van der Waals surface area contributed by atoms with Crippen molar-refractivity contribution in [3.05, 3.63) is 0 Å². The third kappa shape index (κ3) is 4.93. The van der Waals surface area contributed by atoms with Gasteiger partial charge >= 0.3 is 18.1 Å². The van der Waals surface area contributed by atoms with Gasteiger partial charge in [0.15, 0.2) is 5.41 Å². The summed E-state index contributed by atoms with van der Waals surface area (Å²) in [6.45, 7) is 4.09. The second-order valence-electron chi connectivity index (χ2n) is 3.89. The zero-order valence-electron chi connectivity index (χ0n) is 10.6. The summed E-state index contributed by atoms with van der Waals surface area (Å²) in [7, 11) is 0. The Morgan fingerprint density at radius 3 is 1.61 bits per heavy atom. The highest BCUT2D eigenvalue weighted by Crippen LogP contribution is 2.33. The van der Waals surface area contributed by atoms with Gasteiger partial charge in [-0.15, -0.1) is 0 Å². The number of carbonyl (C=O) groups is 2. The highest BCUT2D eigenvalue weighted by Gasteiger charge is 2.46. The monoisotopic (exact) mass is 270 g/mol. The Hall–Kier alpha value is -1.27. The number of carbonyl (C=O) groups excluding carboxylic acids is 2. The largest absolute Gasteiger partial charge is 0.465 e. The number of esters is 2. The molecule has 0 rings (SSSR count). The molecule has 0 atom stereocenters. The van der Waals surface area contributed by atoms with Crippen LogP contribution in [0.1, 0.15) is 33.6 Å². The lowest BCUT2D eigenvalue weighted by atomic mass is 9.85.